The monoisotopic (exact) mass is 1000 g/mol. The lowest BCUT2D eigenvalue weighted by molar-refractivity contribution is 0.487. The molecule has 0 N–H and O–H groups in total. The maximum absolute atomic E-state index is 6.88. The molecule has 14 rings (SSSR count). The molecule has 0 saturated carbocycles. The lowest BCUT2D eigenvalue weighted by Crippen LogP contribution is -2.93. The van der Waals surface area contributed by atoms with Gasteiger partial charge in [0.2, 0.25) is 0 Å². The molecule has 0 aromatic heterocycles. The number of anilines is 3. The van der Waals surface area contributed by atoms with Gasteiger partial charge in [-0.1, -0.05) is 261 Å². The van der Waals surface area contributed by atoms with Crippen LogP contribution in [0.4, 0.5) is 17.1 Å². The second kappa shape index (κ2) is 18.9. The van der Waals surface area contributed by atoms with Crippen molar-refractivity contribution in [3.63, 3.8) is 0 Å². The summed E-state index contributed by atoms with van der Waals surface area (Å²) in [6.07, 6.45) is 0. The molecule has 0 atom stereocenters. The summed E-state index contributed by atoms with van der Waals surface area (Å²) in [6.45, 7) is 0. The van der Waals surface area contributed by atoms with Crippen molar-refractivity contribution < 1.29 is 4.74 Å². The Morgan fingerprint density at radius 2 is 0.553 bits per heavy atom. The first-order valence-corrected chi connectivity index (χ1v) is 30.2. The van der Waals surface area contributed by atoms with Crippen molar-refractivity contribution in [1.82, 2.24) is 0 Å². The maximum Gasteiger partial charge on any atom is 0.188 e. The largest absolute Gasteiger partial charge is 0.458 e. The number of para-hydroxylation sites is 3. The van der Waals surface area contributed by atoms with Gasteiger partial charge in [-0.25, -0.2) is 0 Å². The second-order valence-electron chi connectivity index (χ2n) is 19.9. The number of nitrogens with zero attached hydrogens (tertiary/aromatic N) is 1. The van der Waals surface area contributed by atoms with E-state index in [-0.39, 0.29) is 0 Å². The fraction of sp³-hybridized carbons (Fsp3) is 0. The molecule has 76 heavy (non-hydrogen) atoms. The van der Waals surface area contributed by atoms with E-state index in [0.29, 0.717) is 0 Å². The van der Waals surface area contributed by atoms with Crippen LogP contribution >= 0.6 is 0 Å². The van der Waals surface area contributed by atoms with Crippen LogP contribution in [0.15, 0.2) is 309 Å². The van der Waals surface area contributed by atoms with Gasteiger partial charge in [0, 0.05) is 17.1 Å². The summed E-state index contributed by atoms with van der Waals surface area (Å²) >= 11 is 0. The third-order valence-corrected chi connectivity index (χ3v) is 26.2. The number of ether oxygens (including phenoxy) is 1. The van der Waals surface area contributed by atoms with Crippen molar-refractivity contribution in [2.24, 2.45) is 0 Å². The van der Waals surface area contributed by atoms with Crippen LogP contribution in [0.1, 0.15) is 0 Å². The normalized spacial score (nSPS) is 13.3. The van der Waals surface area contributed by atoms with Gasteiger partial charge in [0.15, 0.2) is 16.1 Å². The standard InChI is InChI=1S/C72H51NOSi2/c1-5-20-52(21-6-1)53-36-38-54(39-37-53)55-44-47-61(48-45-55)73(60-23-7-2-8-24-60)62-25-19-22-58(50-62)56-40-42-57(43-41-56)59-46-49-71-72(51-59)76(67-32-15-13-30-65(67)74-66-31-14-16-33-68(66)76)70-35-18-17-34-69(70)75(71,63-26-9-3-10-27-63)64-28-11-4-12-29-64/h1-51H. The smallest absolute Gasteiger partial charge is 0.188 e. The number of hydrogen-bond donors (Lipinski definition) is 0. The summed E-state index contributed by atoms with van der Waals surface area (Å²) in [5, 5.41) is 11.2. The average Bonchev–Trinajstić information content (AvgIpc) is 3.57. The van der Waals surface area contributed by atoms with Crippen molar-refractivity contribution in [3.8, 4) is 56.0 Å². The summed E-state index contributed by atoms with van der Waals surface area (Å²) in [5.41, 5.74) is 12.8. The highest BCUT2D eigenvalue weighted by atomic mass is 28.3. The molecule has 0 fully saturated rings. The first kappa shape index (κ1) is 45.3. The fourth-order valence-corrected chi connectivity index (χ4v) is 24.8. The average molecular weight is 1000 g/mol. The van der Waals surface area contributed by atoms with Gasteiger partial charge in [0.05, 0.1) is 0 Å². The Morgan fingerprint density at radius 3 is 1.09 bits per heavy atom. The third kappa shape index (κ3) is 7.37. The summed E-state index contributed by atoms with van der Waals surface area (Å²) in [4.78, 5) is 2.35. The zero-order chi connectivity index (χ0) is 50.5. The van der Waals surface area contributed by atoms with Crippen LogP contribution in [0.25, 0.3) is 44.5 Å². The SMILES string of the molecule is c1ccc(-c2ccc(-c3ccc(N(c4ccccc4)c4cccc(-c5ccc(-c6ccc7c(c6)[Si]6(c8ccccc8Oc8ccccc86)c6ccccc6[Si]7(c6ccccc6)c6ccccc6)cc5)c4)cc3)cc2)cc1. The van der Waals surface area contributed by atoms with Gasteiger partial charge in [-0.15, -0.1) is 0 Å². The molecule has 0 amide bonds. The third-order valence-electron chi connectivity index (χ3n) is 15.9. The van der Waals surface area contributed by atoms with E-state index in [9.17, 15) is 0 Å². The molecule has 0 aliphatic carbocycles. The minimum absolute atomic E-state index is 0.951. The minimum atomic E-state index is -3.04. The van der Waals surface area contributed by atoms with E-state index in [4.69, 9.17) is 4.74 Å². The van der Waals surface area contributed by atoms with Crippen molar-refractivity contribution >= 4 is 74.7 Å². The first-order valence-electron chi connectivity index (χ1n) is 26.2. The Kier molecular flexibility index (Phi) is 11.2. The lowest BCUT2D eigenvalue weighted by Gasteiger charge is -2.50. The van der Waals surface area contributed by atoms with Crippen LogP contribution in [-0.2, 0) is 0 Å². The zero-order valence-corrected chi connectivity index (χ0v) is 43.8. The summed E-state index contributed by atoms with van der Waals surface area (Å²) < 4.78 is 6.88. The van der Waals surface area contributed by atoms with E-state index in [0.717, 1.165) is 39.7 Å². The topological polar surface area (TPSA) is 12.5 Å². The van der Waals surface area contributed by atoms with Gasteiger partial charge in [0.25, 0.3) is 0 Å². The summed E-state index contributed by atoms with van der Waals surface area (Å²) in [6, 6.07) is 115. The molecule has 1 spiro atoms. The van der Waals surface area contributed by atoms with Crippen LogP contribution in [0.3, 0.4) is 0 Å². The molecule has 2 aliphatic rings. The van der Waals surface area contributed by atoms with E-state index < -0.39 is 16.1 Å². The number of fused-ring (bicyclic) bond motifs is 8. The van der Waals surface area contributed by atoms with Crippen LogP contribution in [0.5, 0.6) is 11.5 Å². The van der Waals surface area contributed by atoms with Gasteiger partial charge in [-0.2, -0.15) is 0 Å². The van der Waals surface area contributed by atoms with Crippen LogP contribution < -0.4 is 51.1 Å². The molecule has 358 valence electrons. The Labute approximate surface area is 447 Å². The number of benzene rings is 12. The molecule has 4 heteroatoms. The van der Waals surface area contributed by atoms with Crippen LogP contribution in [0, 0.1) is 0 Å². The highest BCUT2D eigenvalue weighted by Gasteiger charge is 2.59. The van der Waals surface area contributed by atoms with Crippen LogP contribution in [0.2, 0.25) is 0 Å². The van der Waals surface area contributed by atoms with E-state index in [1.54, 1.807) is 0 Å². The number of hydrogen-bond acceptors (Lipinski definition) is 2. The lowest BCUT2D eigenvalue weighted by atomic mass is 9.99. The predicted octanol–water partition coefficient (Wildman–Crippen LogP) is 13.0. The van der Waals surface area contributed by atoms with Gasteiger partial charge in [-0.3, -0.25) is 0 Å². The quantitative estimate of drug-likeness (QED) is 0.134. The number of rotatable bonds is 9. The van der Waals surface area contributed by atoms with Crippen LogP contribution in [-0.4, -0.2) is 16.1 Å². The molecule has 12 aromatic rings. The summed E-state index contributed by atoms with van der Waals surface area (Å²) in [5.74, 6) is 1.90. The molecule has 2 aliphatic heterocycles. The van der Waals surface area contributed by atoms with E-state index in [2.05, 4.69) is 314 Å². The first-order chi connectivity index (χ1) is 37.7. The zero-order valence-electron chi connectivity index (χ0n) is 41.8. The Morgan fingerprint density at radius 1 is 0.211 bits per heavy atom. The van der Waals surface area contributed by atoms with Crippen molar-refractivity contribution in [2.75, 3.05) is 4.90 Å². The maximum atomic E-state index is 6.88. The Bertz CT molecular complexity index is 3970. The molecular weight excluding hydrogens is 951 g/mol. The van der Waals surface area contributed by atoms with Crippen molar-refractivity contribution in [1.29, 1.82) is 0 Å². The molecule has 0 saturated heterocycles. The second-order valence-corrected chi connectivity index (χ2v) is 27.3. The predicted molar refractivity (Wildman–Crippen MR) is 324 cm³/mol. The summed E-state index contributed by atoms with van der Waals surface area (Å²) in [7, 11) is -5.95. The molecule has 0 radical (unpaired) electrons. The molecule has 12 aromatic carbocycles. The highest BCUT2D eigenvalue weighted by Crippen LogP contribution is 2.39. The minimum Gasteiger partial charge on any atom is -0.458 e. The highest BCUT2D eigenvalue weighted by molar-refractivity contribution is 7.33. The van der Waals surface area contributed by atoms with Gasteiger partial charge in [0.1, 0.15) is 11.5 Å². The Balaban J connectivity index is 0.876. The van der Waals surface area contributed by atoms with Gasteiger partial charge >= 0.3 is 0 Å². The van der Waals surface area contributed by atoms with E-state index in [1.807, 2.05) is 0 Å². The van der Waals surface area contributed by atoms with Crippen molar-refractivity contribution in [3.05, 3.63) is 309 Å². The van der Waals surface area contributed by atoms with E-state index in [1.165, 1.54) is 74.9 Å². The molecule has 0 unspecified atom stereocenters. The molecule has 2 heterocycles. The van der Waals surface area contributed by atoms with Crippen molar-refractivity contribution in [2.45, 2.75) is 0 Å². The molecule has 2 nitrogen and oxygen atoms in total. The molecule has 0 bridgehead atoms. The fourth-order valence-electron chi connectivity index (χ4n) is 12.5. The molecular formula is C72H51NOSi2. The Hall–Kier alpha value is -9.33. The van der Waals surface area contributed by atoms with Gasteiger partial charge in [-0.05, 0) is 135 Å². The van der Waals surface area contributed by atoms with E-state index >= 15 is 0 Å². The van der Waals surface area contributed by atoms with Gasteiger partial charge < -0.3 is 9.64 Å².